The van der Waals surface area contributed by atoms with Crippen LogP contribution in [0.3, 0.4) is 0 Å². The second-order valence-electron chi connectivity index (χ2n) is 7.42. The Morgan fingerprint density at radius 3 is 2.50 bits per heavy atom. The molecule has 1 aliphatic rings. The Hall–Kier alpha value is -1.60. The van der Waals surface area contributed by atoms with Crippen molar-refractivity contribution in [1.82, 2.24) is 4.90 Å². The molecule has 120 valence electrons. The predicted molar refractivity (Wildman–Crippen MR) is 84.7 cm³/mol. The molecule has 1 N–H and O–H groups in total. The highest BCUT2D eigenvalue weighted by atomic mass is 19.1. The van der Waals surface area contributed by atoms with E-state index in [9.17, 15) is 14.8 Å². The van der Waals surface area contributed by atoms with E-state index in [0.29, 0.717) is 18.5 Å². The van der Waals surface area contributed by atoms with E-state index in [0.717, 1.165) is 25.9 Å². The summed E-state index contributed by atoms with van der Waals surface area (Å²) >= 11 is 0. The van der Waals surface area contributed by atoms with E-state index in [-0.39, 0.29) is 22.4 Å². The Morgan fingerprint density at radius 2 is 1.95 bits per heavy atom. The molecule has 0 spiro atoms. The molecule has 0 bridgehead atoms. The first-order chi connectivity index (χ1) is 10.3. The van der Waals surface area contributed by atoms with Crippen LogP contribution in [-0.4, -0.2) is 23.1 Å². The molecule has 1 aromatic carbocycles. The van der Waals surface area contributed by atoms with E-state index < -0.39 is 0 Å². The number of benzene rings is 1. The van der Waals surface area contributed by atoms with Crippen molar-refractivity contribution in [3.63, 3.8) is 0 Å². The molecule has 1 aromatic rings. The highest BCUT2D eigenvalue weighted by Gasteiger charge is 2.43. The van der Waals surface area contributed by atoms with Crippen molar-refractivity contribution in [3.05, 3.63) is 29.6 Å². The molecule has 0 saturated carbocycles. The van der Waals surface area contributed by atoms with Gasteiger partial charge in [-0.2, -0.15) is 5.26 Å². The maximum atomic E-state index is 13.8. The number of phenols is 1. The maximum Gasteiger partial charge on any atom is 0.127 e. The zero-order valence-corrected chi connectivity index (χ0v) is 13.7. The first-order valence-electron chi connectivity index (χ1n) is 7.84. The highest BCUT2D eigenvalue weighted by Crippen LogP contribution is 2.49. The van der Waals surface area contributed by atoms with Crippen LogP contribution in [0, 0.1) is 28.0 Å². The molecule has 4 heteroatoms. The van der Waals surface area contributed by atoms with Crippen molar-refractivity contribution in [2.45, 2.75) is 46.6 Å². The summed E-state index contributed by atoms with van der Waals surface area (Å²) in [5, 5.41) is 18.7. The minimum Gasteiger partial charge on any atom is -0.508 e. The Bertz CT molecular complexity index is 563. The summed E-state index contributed by atoms with van der Waals surface area (Å²) in [7, 11) is 0. The van der Waals surface area contributed by atoms with Crippen LogP contribution in [0.5, 0.6) is 5.75 Å². The van der Waals surface area contributed by atoms with Gasteiger partial charge in [0, 0.05) is 18.5 Å². The number of rotatable bonds is 3. The number of piperidine rings is 1. The number of hydrogen-bond donors (Lipinski definition) is 1. The van der Waals surface area contributed by atoms with Crippen LogP contribution in [0.15, 0.2) is 18.2 Å². The van der Waals surface area contributed by atoms with Crippen LogP contribution < -0.4 is 0 Å². The van der Waals surface area contributed by atoms with E-state index in [2.05, 4.69) is 31.7 Å². The molecular weight excluding hydrogens is 279 g/mol. The zero-order valence-electron chi connectivity index (χ0n) is 13.7. The Labute approximate surface area is 132 Å². The lowest BCUT2D eigenvalue weighted by atomic mass is 9.60. The van der Waals surface area contributed by atoms with Crippen LogP contribution >= 0.6 is 0 Å². The molecule has 22 heavy (non-hydrogen) atoms. The van der Waals surface area contributed by atoms with Gasteiger partial charge < -0.3 is 5.11 Å². The van der Waals surface area contributed by atoms with Crippen molar-refractivity contribution in [2.75, 3.05) is 13.1 Å². The van der Waals surface area contributed by atoms with Gasteiger partial charge in [0.1, 0.15) is 11.6 Å². The van der Waals surface area contributed by atoms with Gasteiger partial charge in [-0.1, -0.05) is 20.8 Å². The average Bonchev–Trinajstić information content (AvgIpc) is 2.44. The van der Waals surface area contributed by atoms with Gasteiger partial charge in [-0.05, 0) is 55.0 Å². The topological polar surface area (TPSA) is 47.3 Å². The Balaban J connectivity index is 2.05. The fraction of sp³-hybridized carbons (Fsp3) is 0.611. The normalized spacial score (nSPS) is 18.9. The van der Waals surface area contributed by atoms with Gasteiger partial charge in [0.05, 0.1) is 6.07 Å². The summed E-state index contributed by atoms with van der Waals surface area (Å²) < 4.78 is 13.8. The molecule has 1 heterocycles. The zero-order chi connectivity index (χ0) is 16.4. The largest absolute Gasteiger partial charge is 0.508 e. The minimum absolute atomic E-state index is 0.0373. The van der Waals surface area contributed by atoms with E-state index >= 15 is 0 Å². The Morgan fingerprint density at radius 1 is 1.32 bits per heavy atom. The molecule has 0 unspecified atom stereocenters. The molecule has 2 rings (SSSR count). The summed E-state index contributed by atoms with van der Waals surface area (Å²) in [5.41, 5.74) is 0.657. The van der Waals surface area contributed by atoms with Crippen LogP contribution in [0.25, 0.3) is 0 Å². The van der Waals surface area contributed by atoms with Gasteiger partial charge in [-0.3, -0.25) is 4.90 Å². The Kier molecular flexibility index (Phi) is 4.77. The van der Waals surface area contributed by atoms with E-state index in [1.54, 1.807) is 0 Å². The number of likely N-dealkylation sites (tertiary alicyclic amines) is 1. The van der Waals surface area contributed by atoms with Crippen LogP contribution in [0.2, 0.25) is 0 Å². The summed E-state index contributed by atoms with van der Waals surface area (Å²) in [4.78, 5) is 2.21. The van der Waals surface area contributed by atoms with E-state index in [1.807, 2.05) is 0 Å². The summed E-state index contributed by atoms with van der Waals surface area (Å²) in [6.45, 7) is 8.83. The number of nitrogens with zero attached hydrogens (tertiary/aromatic N) is 2. The second kappa shape index (κ2) is 6.26. The third-order valence-corrected chi connectivity index (χ3v) is 5.24. The lowest BCUT2D eigenvalue weighted by Crippen LogP contribution is -2.46. The van der Waals surface area contributed by atoms with Gasteiger partial charge in [-0.15, -0.1) is 0 Å². The molecule has 0 amide bonds. The van der Waals surface area contributed by atoms with Crippen LogP contribution in [0.4, 0.5) is 4.39 Å². The summed E-state index contributed by atoms with van der Waals surface area (Å²) in [5.74, 6) is -0.176. The second-order valence-corrected chi connectivity index (χ2v) is 7.42. The van der Waals surface area contributed by atoms with Crippen molar-refractivity contribution in [2.24, 2.45) is 10.8 Å². The van der Waals surface area contributed by atoms with E-state index in [4.69, 9.17) is 0 Å². The van der Waals surface area contributed by atoms with Crippen LogP contribution in [0.1, 0.15) is 45.6 Å². The van der Waals surface area contributed by atoms with Crippen LogP contribution in [-0.2, 0) is 6.54 Å². The van der Waals surface area contributed by atoms with Gasteiger partial charge in [0.15, 0.2) is 0 Å². The molecule has 0 radical (unpaired) electrons. The molecule has 0 aliphatic carbocycles. The number of aromatic hydroxyl groups is 1. The van der Waals surface area contributed by atoms with Crippen molar-refractivity contribution in [1.29, 1.82) is 5.26 Å². The quantitative estimate of drug-likeness (QED) is 0.915. The number of hydrogen-bond acceptors (Lipinski definition) is 3. The molecular formula is C18H25FN2O. The fourth-order valence-electron chi connectivity index (χ4n) is 3.41. The van der Waals surface area contributed by atoms with Crippen molar-refractivity contribution in [3.8, 4) is 11.8 Å². The standard InChI is InChI=1S/C18H25FN2O/c1-17(2,3)18(6-9-20)7-10-21(11-8-18)13-14-12-15(22)4-5-16(14)19/h4-5,12,22H,6-8,10-11,13H2,1-3H3. The molecule has 0 aromatic heterocycles. The molecule has 1 saturated heterocycles. The number of phenolic OH excluding ortho intramolecular Hbond substituents is 1. The maximum absolute atomic E-state index is 13.8. The molecule has 1 aliphatic heterocycles. The smallest absolute Gasteiger partial charge is 0.127 e. The van der Waals surface area contributed by atoms with Gasteiger partial charge in [0.25, 0.3) is 0 Å². The molecule has 3 nitrogen and oxygen atoms in total. The fourth-order valence-corrected chi connectivity index (χ4v) is 3.41. The average molecular weight is 304 g/mol. The number of nitriles is 1. The monoisotopic (exact) mass is 304 g/mol. The molecule has 0 atom stereocenters. The van der Waals surface area contributed by atoms with E-state index in [1.165, 1.54) is 18.2 Å². The summed E-state index contributed by atoms with van der Waals surface area (Å²) in [6, 6.07) is 6.53. The third kappa shape index (κ3) is 3.41. The van der Waals surface area contributed by atoms with Gasteiger partial charge in [0.2, 0.25) is 0 Å². The van der Waals surface area contributed by atoms with Crippen molar-refractivity contribution < 1.29 is 9.50 Å². The SMILES string of the molecule is CC(C)(C)C1(CC#N)CCN(Cc2cc(O)ccc2F)CC1. The third-order valence-electron chi connectivity index (χ3n) is 5.24. The predicted octanol–water partition coefficient (Wildman–Crippen LogP) is 4.07. The van der Waals surface area contributed by atoms with Gasteiger partial charge >= 0.3 is 0 Å². The van der Waals surface area contributed by atoms with Gasteiger partial charge in [-0.25, -0.2) is 4.39 Å². The molecule has 1 fully saturated rings. The highest BCUT2D eigenvalue weighted by molar-refractivity contribution is 5.28. The first kappa shape index (κ1) is 16.8. The lowest BCUT2D eigenvalue weighted by molar-refractivity contribution is 0.00682. The first-order valence-corrected chi connectivity index (χ1v) is 7.84. The minimum atomic E-state index is -0.275. The lowest BCUT2D eigenvalue weighted by Gasteiger charge is -2.49. The van der Waals surface area contributed by atoms with Crippen molar-refractivity contribution >= 4 is 0 Å². The number of halogens is 1. The summed E-state index contributed by atoms with van der Waals surface area (Å²) in [6.07, 6.45) is 2.47.